The summed E-state index contributed by atoms with van der Waals surface area (Å²) in [5.41, 5.74) is 1.74. The van der Waals surface area contributed by atoms with E-state index in [9.17, 15) is 14.3 Å². The molecule has 1 aliphatic rings. The Morgan fingerprint density at radius 1 is 1.23 bits per heavy atom. The largest absolute Gasteiger partial charge is 0.496 e. The van der Waals surface area contributed by atoms with Crippen molar-refractivity contribution in [2.24, 2.45) is 0 Å². The summed E-state index contributed by atoms with van der Waals surface area (Å²) in [5.74, 6) is -0.237. The highest BCUT2D eigenvalue weighted by atomic mass is 19.1. The Morgan fingerprint density at radius 2 is 2.07 bits per heavy atom. The molecule has 0 radical (unpaired) electrons. The summed E-state index contributed by atoms with van der Waals surface area (Å²) in [5, 5.41) is 21.0. The van der Waals surface area contributed by atoms with Crippen molar-refractivity contribution in [2.45, 2.75) is 24.4 Å². The van der Waals surface area contributed by atoms with E-state index in [2.05, 4.69) is 20.5 Å². The minimum absolute atomic E-state index is 0.0575. The molecule has 0 atom stereocenters. The summed E-state index contributed by atoms with van der Waals surface area (Å²) < 4.78 is 18.8. The Kier molecular flexibility index (Phi) is 5.31. The maximum absolute atomic E-state index is 13.7. The van der Waals surface area contributed by atoms with Crippen LogP contribution in [0.25, 0.3) is 11.3 Å². The number of hydrogen-bond donors (Lipinski definition) is 2. The van der Waals surface area contributed by atoms with Gasteiger partial charge in [0.2, 0.25) is 0 Å². The number of nitrogens with one attached hydrogen (secondary N) is 1. The lowest BCUT2D eigenvalue weighted by molar-refractivity contribution is 0.0693. The van der Waals surface area contributed by atoms with E-state index >= 15 is 0 Å². The van der Waals surface area contributed by atoms with Crippen molar-refractivity contribution in [3.05, 3.63) is 66.0 Å². The Hall–Kier alpha value is -3.55. The molecule has 0 unspecified atom stereocenters. The van der Waals surface area contributed by atoms with E-state index in [0.29, 0.717) is 36.5 Å². The van der Waals surface area contributed by atoms with Crippen molar-refractivity contribution >= 4 is 11.8 Å². The lowest BCUT2D eigenvalue weighted by atomic mass is 9.65. The van der Waals surface area contributed by atoms with Gasteiger partial charge >= 0.3 is 5.97 Å². The van der Waals surface area contributed by atoms with E-state index in [1.807, 2.05) is 18.2 Å². The number of aromatic carboxylic acids is 1. The van der Waals surface area contributed by atoms with Gasteiger partial charge in [0.25, 0.3) is 0 Å². The van der Waals surface area contributed by atoms with Crippen LogP contribution in [0.1, 0.15) is 28.9 Å². The lowest BCUT2D eigenvalue weighted by Gasteiger charge is -2.43. The normalized spacial score (nSPS) is 20.3. The van der Waals surface area contributed by atoms with E-state index in [1.165, 1.54) is 13.2 Å². The van der Waals surface area contributed by atoms with E-state index in [4.69, 9.17) is 4.74 Å². The minimum atomic E-state index is -1.08. The van der Waals surface area contributed by atoms with Crippen LogP contribution >= 0.6 is 0 Å². The van der Waals surface area contributed by atoms with Crippen LogP contribution in [0.15, 0.2) is 54.7 Å². The van der Waals surface area contributed by atoms with Gasteiger partial charge in [-0.2, -0.15) is 0 Å². The van der Waals surface area contributed by atoms with Gasteiger partial charge in [0.1, 0.15) is 23.3 Å². The fraction of sp³-hybridized carbons (Fsp3) is 0.273. The fourth-order valence-electron chi connectivity index (χ4n) is 3.78. The first kappa shape index (κ1) is 19.8. The molecular formula is C22H21FN4O3. The van der Waals surface area contributed by atoms with Gasteiger partial charge in [-0.25, -0.2) is 9.18 Å². The maximum atomic E-state index is 13.7. The molecule has 0 bridgehead atoms. The van der Waals surface area contributed by atoms with Gasteiger partial charge in [0, 0.05) is 29.4 Å². The number of rotatable bonds is 7. The lowest BCUT2D eigenvalue weighted by Crippen LogP contribution is -2.48. The molecule has 0 spiro atoms. The summed E-state index contributed by atoms with van der Waals surface area (Å²) in [7, 11) is 1.42. The monoisotopic (exact) mass is 408 g/mol. The van der Waals surface area contributed by atoms with E-state index < -0.39 is 12.1 Å². The molecule has 0 amide bonds. The van der Waals surface area contributed by atoms with Gasteiger partial charge < -0.3 is 15.2 Å². The van der Waals surface area contributed by atoms with Crippen LogP contribution < -0.4 is 10.1 Å². The zero-order valence-corrected chi connectivity index (χ0v) is 16.4. The average molecular weight is 408 g/mol. The van der Waals surface area contributed by atoms with Gasteiger partial charge in [-0.3, -0.25) is 4.98 Å². The number of aromatic nitrogens is 3. The Bertz CT molecular complexity index is 1040. The number of carboxylic acid groups (broad SMARTS) is 1. The first-order valence-corrected chi connectivity index (χ1v) is 9.56. The van der Waals surface area contributed by atoms with Crippen LogP contribution in [0.2, 0.25) is 0 Å². The Morgan fingerprint density at radius 3 is 2.67 bits per heavy atom. The molecular weight excluding hydrogens is 387 g/mol. The third kappa shape index (κ3) is 3.80. The highest BCUT2D eigenvalue weighted by molar-refractivity contribution is 5.92. The summed E-state index contributed by atoms with van der Waals surface area (Å²) in [6.07, 6.45) is 1.75. The molecule has 1 saturated carbocycles. The summed E-state index contributed by atoms with van der Waals surface area (Å²) in [4.78, 5) is 15.8. The van der Waals surface area contributed by atoms with Crippen LogP contribution in [0, 0.1) is 0 Å². The van der Waals surface area contributed by atoms with Crippen LogP contribution in [0.5, 0.6) is 5.75 Å². The van der Waals surface area contributed by atoms with Gasteiger partial charge in [0.05, 0.1) is 12.8 Å². The van der Waals surface area contributed by atoms with Crippen molar-refractivity contribution in [1.29, 1.82) is 0 Å². The average Bonchev–Trinajstić information content (AvgIpc) is 2.76. The standard InChI is InChI=1S/C22H21FN4O3/c1-30-18-7-5-14(10-16(18)21(28)29)17-6-8-20(27-26-17)25-13-22(11-15(23)12-22)19-4-2-3-9-24-19/h2-10,15H,11-13H2,1H3,(H,25,27)(H,28,29). The summed E-state index contributed by atoms with van der Waals surface area (Å²) in [6.45, 7) is 0.504. The second kappa shape index (κ2) is 8.06. The number of halogens is 1. The van der Waals surface area contributed by atoms with Crippen LogP contribution in [0.4, 0.5) is 10.2 Å². The third-order valence-corrected chi connectivity index (χ3v) is 5.43. The highest BCUT2D eigenvalue weighted by Gasteiger charge is 2.46. The van der Waals surface area contributed by atoms with Crippen LogP contribution in [-0.2, 0) is 5.41 Å². The number of ether oxygens (including phenoxy) is 1. The van der Waals surface area contributed by atoms with Crippen molar-refractivity contribution in [3.63, 3.8) is 0 Å². The number of nitrogens with zero attached hydrogens (tertiary/aromatic N) is 3. The van der Waals surface area contributed by atoms with E-state index in [-0.39, 0.29) is 16.7 Å². The SMILES string of the molecule is COc1ccc(-c2ccc(NCC3(c4ccccn4)CC(F)C3)nn2)cc1C(=O)O. The van der Waals surface area contributed by atoms with Crippen molar-refractivity contribution in [2.75, 3.05) is 19.0 Å². The third-order valence-electron chi connectivity index (χ3n) is 5.43. The predicted molar refractivity (Wildman–Crippen MR) is 110 cm³/mol. The fourth-order valence-corrected chi connectivity index (χ4v) is 3.78. The zero-order chi connectivity index (χ0) is 21.1. The smallest absolute Gasteiger partial charge is 0.339 e. The Labute approximate surface area is 173 Å². The molecule has 2 aromatic heterocycles. The number of alkyl halides is 1. The van der Waals surface area contributed by atoms with Gasteiger partial charge in [-0.05, 0) is 55.3 Å². The van der Waals surface area contributed by atoms with E-state index in [0.717, 1.165) is 5.69 Å². The molecule has 2 N–H and O–H groups in total. The molecule has 154 valence electrons. The predicted octanol–water partition coefficient (Wildman–Crippen LogP) is 3.73. The van der Waals surface area contributed by atoms with Crippen molar-refractivity contribution in [1.82, 2.24) is 15.2 Å². The minimum Gasteiger partial charge on any atom is -0.496 e. The molecule has 1 aliphatic carbocycles. The number of pyridine rings is 1. The molecule has 2 heterocycles. The number of carbonyl (C=O) groups is 1. The maximum Gasteiger partial charge on any atom is 0.339 e. The summed E-state index contributed by atoms with van der Waals surface area (Å²) in [6, 6.07) is 14.0. The van der Waals surface area contributed by atoms with Crippen LogP contribution in [0.3, 0.4) is 0 Å². The molecule has 1 aromatic carbocycles. The summed E-state index contributed by atoms with van der Waals surface area (Å²) >= 11 is 0. The molecule has 8 heteroatoms. The number of carboxylic acids is 1. The first-order valence-electron chi connectivity index (χ1n) is 9.56. The van der Waals surface area contributed by atoms with Crippen molar-refractivity contribution in [3.8, 4) is 17.0 Å². The number of methoxy groups -OCH3 is 1. The first-order chi connectivity index (χ1) is 14.5. The highest BCUT2D eigenvalue weighted by Crippen LogP contribution is 2.44. The number of hydrogen-bond acceptors (Lipinski definition) is 6. The molecule has 4 rings (SSSR count). The number of benzene rings is 1. The quantitative estimate of drug-likeness (QED) is 0.615. The topological polar surface area (TPSA) is 97.2 Å². The molecule has 0 saturated heterocycles. The molecule has 1 fully saturated rings. The molecule has 30 heavy (non-hydrogen) atoms. The molecule has 7 nitrogen and oxygen atoms in total. The van der Waals surface area contributed by atoms with E-state index in [1.54, 1.807) is 30.5 Å². The van der Waals surface area contributed by atoms with Gasteiger partial charge in [0.15, 0.2) is 0 Å². The molecule has 3 aromatic rings. The number of anilines is 1. The molecule has 0 aliphatic heterocycles. The zero-order valence-electron chi connectivity index (χ0n) is 16.4. The van der Waals surface area contributed by atoms with Gasteiger partial charge in [-0.15, -0.1) is 10.2 Å². The second-order valence-corrected chi connectivity index (χ2v) is 7.38. The second-order valence-electron chi connectivity index (χ2n) is 7.38. The van der Waals surface area contributed by atoms with Crippen LogP contribution in [-0.4, -0.2) is 46.1 Å². The Balaban J connectivity index is 1.49. The van der Waals surface area contributed by atoms with Gasteiger partial charge in [-0.1, -0.05) is 6.07 Å². The van der Waals surface area contributed by atoms with Crippen molar-refractivity contribution < 1.29 is 19.0 Å².